The molecule has 1 aliphatic rings. The lowest BCUT2D eigenvalue weighted by Gasteiger charge is -2.23. The fourth-order valence-corrected chi connectivity index (χ4v) is 3.06. The van der Waals surface area contributed by atoms with Crippen molar-refractivity contribution in [2.24, 2.45) is 0 Å². The van der Waals surface area contributed by atoms with Gasteiger partial charge in [-0.3, -0.25) is 0 Å². The molecule has 1 aromatic carbocycles. The van der Waals surface area contributed by atoms with Crippen LogP contribution in [-0.2, 0) is 11.3 Å². The SMILES string of the molecule is C#CCOCCn1c(N2CCCN(C)CC2)nc2ccccc21. The molecule has 1 aliphatic heterocycles. The number of likely N-dealkylation sites (N-methyl/N-ethyl adjacent to an activating group) is 1. The first kappa shape index (κ1) is 15.9. The Bertz CT molecular complexity index is 688. The highest BCUT2D eigenvalue weighted by Gasteiger charge is 2.19. The fraction of sp³-hybridized carbons (Fsp3) is 0.500. The van der Waals surface area contributed by atoms with Crippen LogP contribution in [0.5, 0.6) is 0 Å². The Morgan fingerprint density at radius 1 is 1.22 bits per heavy atom. The van der Waals surface area contributed by atoms with Gasteiger partial charge in [-0.2, -0.15) is 0 Å². The van der Waals surface area contributed by atoms with Crippen molar-refractivity contribution in [3.8, 4) is 12.3 Å². The fourth-order valence-electron chi connectivity index (χ4n) is 3.06. The molecule has 0 N–H and O–H groups in total. The highest BCUT2D eigenvalue weighted by Crippen LogP contribution is 2.23. The zero-order chi connectivity index (χ0) is 16.1. The van der Waals surface area contributed by atoms with Crippen LogP contribution in [0, 0.1) is 12.3 Å². The summed E-state index contributed by atoms with van der Waals surface area (Å²) in [4.78, 5) is 9.65. The molecule has 1 saturated heterocycles. The molecule has 1 aromatic heterocycles. The van der Waals surface area contributed by atoms with Gasteiger partial charge in [0.25, 0.3) is 0 Å². The number of aromatic nitrogens is 2. The maximum atomic E-state index is 5.48. The lowest BCUT2D eigenvalue weighted by Crippen LogP contribution is -2.31. The average Bonchev–Trinajstić information content (AvgIpc) is 2.79. The first-order valence-electron chi connectivity index (χ1n) is 8.19. The van der Waals surface area contributed by atoms with E-state index in [1.165, 1.54) is 0 Å². The van der Waals surface area contributed by atoms with Crippen molar-refractivity contribution >= 4 is 17.0 Å². The summed E-state index contributed by atoms with van der Waals surface area (Å²) >= 11 is 0. The number of hydrogen-bond acceptors (Lipinski definition) is 4. The smallest absolute Gasteiger partial charge is 0.206 e. The molecule has 0 atom stereocenters. The Hall–Kier alpha value is -2.03. The van der Waals surface area contributed by atoms with E-state index in [4.69, 9.17) is 16.1 Å². The minimum absolute atomic E-state index is 0.358. The van der Waals surface area contributed by atoms with Crippen LogP contribution in [0.15, 0.2) is 24.3 Å². The second-order valence-electron chi connectivity index (χ2n) is 5.95. The molecule has 122 valence electrons. The largest absolute Gasteiger partial charge is 0.367 e. The molecule has 5 nitrogen and oxygen atoms in total. The molecule has 3 rings (SSSR count). The van der Waals surface area contributed by atoms with Gasteiger partial charge in [-0.15, -0.1) is 6.42 Å². The quantitative estimate of drug-likeness (QED) is 0.623. The van der Waals surface area contributed by atoms with E-state index in [1.807, 2.05) is 6.07 Å². The van der Waals surface area contributed by atoms with Gasteiger partial charge in [-0.1, -0.05) is 18.1 Å². The van der Waals surface area contributed by atoms with Crippen LogP contribution in [0.25, 0.3) is 11.0 Å². The predicted molar refractivity (Wildman–Crippen MR) is 93.7 cm³/mol. The zero-order valence-electron chi connectivity index (χ0n) is 13.7. The molecule has 0 saturated carbocycles. The Morgan fingerprint density at radius 3 is 2.96 bits per heavy atom. The summed E-state index contributed by atoms with van der Waals surface area (Å²) < 4.78 is 7.74. The van der Waals surface area contributed by atoms with E-state index < -0.39 is 0 Å². The number of anilines is 1. The van der Waals surface area contributed by atoms with E-state index in [-0.39, 0.29) is 0 Å². The third kappa shape index (κ3) is 3.66. The minimum atomic E-state index is 0.358. The van der Waals surface area contributed by atoms with E-state index in [2.05, 4.69) is 45.5 Å². The van der Waals surface area contributed by atoms with Crippen molar-refractivity contribution in [2.75, 3.05) is 51.3 Å². The van der Waals surface area contributed by atoms with Crippen molar-refractivity contribution in [2.45, 2.75) is 13.0 Å². The summed E-state index contributed by atoms with van der Waals surface area (Å²) in [5.41, 5.74) is 2.20. The molecule has 2 aromatic rings. The Labute approximate surface area is 137 Å². The van der Waals surface area contributed by atoms with E-state index in [9.17, 15) is 0 Å². The third-order valence-electron chi connectivity index (χ3n) is 4.28. The molecule has 23 heavy (non-hydrogen) atoms. The molecular formula is C18H24N4O. The van der Waals surface area contributed by atoms with Gasteiger partial charge in [-0.25, -0.2) is 4.98 Å². The molecule has 0 spiro atoms. The third-order valence-corrected chi connectivity index (χ3v) is 4.28. The van der Waals surface area contributed by atoms with E-state index in [0.29, 0.717) is 13.2 Å². The van der Waals surface area contributed by atoms with Gasteiger partial charge >= 0.3 is 0 Å². The van der Waals surface area contributed by atoms with Crippen LogP contribution in [0.4, 0.5) is 5.95 Å². The lowest BCUT2D eigenvalue weighted by molar-refractivity contribution is 0.158. The summed E-state index contributed by atoms with van der Waals surface area (Å²) in [7, 11) is 2.18. The van der Waals surface area contributed by atoms with E-state index >= 15 is 0 Å². The van der Waals surface area contributed by atoms with Gasteiger partial charge in [0.05, 0.1) is 17.6 Å². The second-order valence-corrected chi connectivity index (χ2v) is 5.95. The Kier molecular flexibility index (Phi) is 5.16. The van der Waals surface area contributed by atoms with Crippen molar-refractivity contribution in [3.63, 3.8) is 0 Å². The highest BCUT2D eigenvalue weighted by molar-refractivity contribution is 5.78. The highest BCUT2D eigenvalue weighted by atomic mass is 16.5. The number of benzene rings is 1. The molecule has 0 unspecified atom stereocenters. The zero-order valence-corrected chi connectivity index (χ0v) is 13.7. The predicted octanol–water partition coefficient (Wildman–Crippen LogP) is 1.83. The normalized spacial score (nSPS) is 16.4. The maximum absolute atomic E-state index is 5.48. The summed E-state index contributed by atoms with van der Waals surface area (Å²) in [5.74, 6) is 3.56. The van der Waals surface area contributed by atoms with Crippen molar-refractivity contribution in [1.29, 1.82) is 0 Å². The minimum Gasteiger partial charge on any atom is -0.367 e. The summed E-state index contributed by atoms with van der Waals surface area (Å²) in [6.45, 7) is 5.98. The number of fused-ring (bicyclic) bond motifs is 1. The second kappa shape index (κ2) is 7.49. The van der Waals surface area contributed by atoms with Gasteiger partial charge in [0, 0.05) is 26.2 Å². The number of para-hydroxylation sites is 2. The first-order valence-corrected chi connectivity index (χ1v) is 8.19. The van der Waals surface area contributed by atoms with E-state index in [1.54, 1.807) is 0 Å². The lowest BCUT2D eigenvalue weighted by atomic mass is 10.3. The number of ether oxygens (including phenoxy) is 1. The molecule has 0 radical (unpaired) electrons. The monoisotopic (exact) mass is 312 g/mol. The van der Waals surface area contributed by atoms with Gasteiger partial charge in [0.2, 0.25) is 5.95 Å². The molecule has 0 aliphatic carbocycles. The topological polar surface area (TPSA) is 33.5 Å². The standard InChI is InChI=1S/C18H24N4O/c1-3-14-23-15-13-22-17-8-5-4-7-16(17)19-18(22)21-10-6-9-20(2)11-12-21/h1,4-5,7-8H,6,9-15H2,2H3. The van der Waals surface area contributed by atoms with Gasteiger partial charge in [0.15, 0.2) is 0 Å². The van der Waals surface area contributed by atoms with E-state index in [0.717, 1.165) is 56.1 Å². The van der Waals surface area contributed by atoms with Crippen LogP contribution >= 0.6 is 0 Å². The molecular weight excluding hydrogens is 288 g/mol. The van der Waals surface area contributed by atoms with Crippen LogP contribution < -0.4 is 4.90 Å². The number of nitrogens with zero attached hydrogens (tertiary/aromatic N) is 4. The summed E-state index contributed by atoms with van der Waals surface area (Å²) in [5, 5.41) is 0. The van der Waals surface area contributed by atoms with Crippen LogP contribution in [0.3, 0.4) is 0 Å². The molecule has 5 heteroatoms. The van der Waals surface area contributed by atoms with Crippen LogP contribution in [0.1, 0.15) is 6.42 Å². The van der Waals surface area contributed by atoms with Gasteiger partial charge in [-0.05, 0) is 32.1 Å². The molecule has 0 bridgehead atoms. The van der Waals surface area contributed by atoms with Crippen molar-refractivity contribution < 1.29 is 4.74 Å². The number of rotatable bonds is 5. The molecule has 2 heterocycles. The van der Waals surface area contributed by atoms with Gasteiger partial charge in [0.1, 0.15) is 6.61 Å². The Balaban J connectivity index is 1.87. The summed E-state index contributed by atoms with van der Waals surface area (Å²) in [6.07, 6.45) is 6.41. The van der Waals surface area contributed by atoms with Crippen LogP contribution in [0.2, 0.25) is 0 Å². The van der Waals surface area contributed by atoms with Gasteiger partial charge < -0.3 is 19.1 Å². The summed E-state index contributed by atoms with van der Waals surface area (Å²) in [6, 6.07) is 8.29. The molecule has 1 fully saturated rings. The number of imidazole rings is 1. The van der Waals surface area contributed by atoms with Crippen LogP contribution in [-0.4, -0.2) is 60.9 Å². The first-order chi connectivity index (χ1) is 11.3. The number of terminal acetylenes is 1. The molecule has 0 amide bonds. The average molecular weight is 312 g/mol. The van der Waals surface area contributed by atoms with Crippen molar-refractivity contribution in [1.82, 2.24) is 14.5 Å². The maximum Gasteiger partial charge on any atom is 0.206 e. The number of hydrogen-bond donors (Lipinski definition) is 0. The van der Waals surface area contributed by atoms with Crippen molar-refractivity contribution in [3.05, 3.63) is 24.3 Å². The Morgan fingerprint density at radius 2 is 2.09 bits per heavy atom.